The number of amides is 1. The minimum absolute atomic E-state index is 0.133. The highest BCUT2D eigenvalue weighted by Crippen LogP contribution is 2.32. The van der Waals surface area contributed by atoms with Gasteiger partial charge in [0.05, 0.1) is 12.2 Å². The Balaban J connectivity index is 1.69. The summed E-state index contributed by atoms with van der Waals surface area (Å²) in [5.74, 6) is -0.638. The van der Waals surface area contributed by atoms with Gasteiger partial charge < -0.3 is 9.64 Å². The fraction of sp³-hybridized carbons (Fsp3) is 0.350. The second-order valence-corrected chi connectivity index (χ2v) is 8.79. The second-order valence-electron chi connectivity index (χ2n) is 6.88. The molecule has 0 bridgehead atoms. The normalized spacial score (nSPS) is 17.7. The largest absolute Gasteiger partial charge is 0.490 e. The van der Waals surface area contributed by atoms with Crippen molar-refractivity contribution in [2.45, 2.75) is 24.2 Å². The third kappa shape index (κ3) is 3.38. The molecule has 0 spiro atoms. The van der Waals surface area contributed by atoms with Gasteiger partial charge in [0.25, 0.3) is 5.91 Å². The standard InChI is InChI=1S/C20H21FN2O4S/c21-16-9-8-15(14-19(16)28(25,26)22-10-4-1-5-11-22)20(24)23-12-13-27-18-7-3-2-6-17(18)23/h2-3,6-9,14H,1,4-5,10-13H2. The van der Waals surface area contributed by atoms with E-state index >= 15 is 0 Å². The van der Waals surface area contributed by atoms with Crippen LogP contribution in [-0.2, 0) is 10.0 Å². The van der Waals surface area contributed by atoms with E-state index in [1.807, 2.05) is 6.07 Å². The van der Waals surface area contributed by atoms with Crippen LogP contribution in [0.5, 0.6) is 5.75 Å². The van der Waals surface area contributed by atoms with Crippen LogP contribution in [0.2, 0.25) is 0 Å². The zero-order chi connectivity index (χ0) is 19.7. The first kappa shape index (κ1) is 18.9. The molecule has 0 aliphatic carbocycles. The number of carbonyl (C=O) groups excluding carboxylic acids is 1. The predicted octanol–water partition coefficient (Wildman–Crippen LogP) is 3.04. The maximum absolute atomic E-state index is 14.4. The van der Waals surface area contributed by atoms with Crippen LogP contribution in [0.25, 0.3) is 0 Å². The number of fused-ring (bicyclic) bond motifs is 1. The zero-order valence-corrected chi connectivity index (χ0v) is 16.1. The first-order valence-corrected chi connectivity index (χ1v) is 10.8. The van der Waals surface area contributed by atoms with Crippen molar-refractivity contribution in [3.8, 4) is 5.75 Å². The maximum atomic E-state index is 14.4. The van der Waals surface area contributed by atoms with Crippen molar-refractivity contribution in [3.63, 3.8) is 0 Å². The van der Waals surface area contributed by atoms with Crippen LogP contribution in [0.3, 0.4) is 0 Å². The van der Waals surface area contributed by atoms with Crippen molar-refractivity contribution in [3.05, 3.63) is 53.8 Å². The smallest absolute Gasteiger partial charge is 0.258 e. The lowest BCUT2D eigenvalue weighted by Crippen LogP contribution is -2.38. The minimum atomic E-state index is -3.98. The number of hydrogen-bond acceptors (Lipinski definition) is 4. The molecule has 1 amide bonds. The molecule has 2 aromatic rings. The average Bonchev–Trinajstić information content (AvgIpc) is 2.73. The van der Waals surface area contributed by atoms with Gasteiger partial charge in [0.2, 0.25) is 10.0 Å². The maximum Gasteiger partial charge on any atom is 0.258 e. The van der Waals surface area contributed by atoms with Gasteiger partial charge in [-0.3, -0.25) is 4.79 Å². The van der Waals surface area contributed by atoms with E-state index < -0.39 is 20.7 Å². The van der Waals surface area contributed by atoms with Gasteiger partial charge in [-0.1, -0.05) is 18.6 Å². The van der Waals surface area contributed by atoms with Crippen molar-refractivity contribution in [2.75, 3.05) is 31.1 Å². The molecular formula is C20H21FN2O4S. The number of ether oxygens (including phenoxy) is 1. The van der Waals surface area contributed by atoms with Gasteiger partial charge in [-0.05, 0) is 43.2 Å². The van der Waals surface area contributed by atoms with Crippen LogP contribution in [-0.4, -0.2) is 44.9 Å². The Kier molecular flexibility index (Phi) is 5.07. The van der Waals surface area contributed by atoms with Crippen LogP contribution < -0.4 is 9.64 Å². The summed E-state index contributed by atoms with van der Waals surface area (Å²) in [7, 11) is -3.98. The summed E-state index contributed by atoms with van der Waals surface area (Å²) in [5.41, 5.74) is 0.747. The van der Waals surface area contributed by atoms with Gasteiger partial charge >= 0.3 is 0 Å². The van der Waals surface area contributed by atoms with E-state index in [0.29, 0.717) is 37.7 Å². The number of hydrogen-bond donors (Lipinski definition) is 0. The van der Waals surface area contributed by atoms with Gasteiger partial charge in [-0.2, -0.15) is 4.31 Å². The highest BCUT2D eigenvalue weighted by molar-refractivity contribution is 7.89. The molecule has 8 heteroatoms. The minimum Gasteiger partial charge on any atom is -0.490 e. The first-order chi connectivity index (χ1) is 13.5. The Labute approximate surface area is 163 Å². The molecule has 2 aliphatic rings. The molecule has 0 unspecified atom stereocenters. The third-order valence-electron chi connectivity index (χ3n) is 5.08. The van der Waals surface area contributed by atoms with Crippen molar-refractivity contribution in [2.24, 2.45) is 0 Å². The van der Waals surface area contributed by atoms with Gasteiger partial charge in [-0.25, -0.2) is 12.8 Å². The lowest BCUT2D eigenvalue weighted by Gasteiger charge is -2.30. The lowest BCUT2D eigenvalue weighted by molar-refractivity contribution is 0.0976. The van der Waals surface area contributed by atoms with Crippen LogP contribution >= 0.6 is 0 Å². The molecule has 0 N–H and O–H groups in total. The molecule has 2 heterocycles. The molecule has 2 aromatic carbocycles. The molecule has 1 saturated heterocycles. The summed E-state index contributed by atoms with van der Waals surface area (Å²) < 4.78 is 47.1. The van der Waals surface area contributed by atoms with Gasteiger partial charge in [0, 0.05) is 18.7 Å². The fourth-order valence-corrected chi connectivity index (χ4v) is 5.22. The number of anilines is 1. The SMILES string of the molecule is O=C(c1ccc(F)c(S(=O)(=O)N2CCCCC2)c1)N1CCOc2ccccc21. The highest BCUT2D eigenvalue weighted by atomic mass is 32.2. The molecule has 0 aromatic heterocycles. The van der Waals surface area contributed by atoms with E-state index in [1.54, 1.807) is 18.2 Å². The summed E-state index contributed by atoms with van der Waals surface area (Å²) in [4.78, 5) is 14.2. The van der Waals surface area contributed by atoms with Crippen molar-refractivity contribution >= 4 is 21.6 Å². The van der Waals surface area contributed by atoms with Crippen LogP contribution in [0.4, 0.5) is 10.1 Å². The lowest BCUT2D eigenvalue weighted by atomic mass is 10.1. The topological polar surface area (TPSA) is 66.9 Å². The van der Waals surface area contributed by atoms with Crippen LogP contribution in [0.1, 0.15) is 29.6 Å². The number of rotatable bonds is 3. The van der Waals surface area contributed by atoms with E-state index in [0.717, 1.165) is 31.4 Å². The van der Waals surface area contributed by atoms with Gasteiger partial charge in [-0.15, -0.1) is 0 Å². The molecule has 2 aliphatic heterocycles. The molecule has 0 radical (unpaired) electrons. The number of halogens is 1. The number of sulfonamides is 1. The number of piperidine rings is 1. The van der Waals surface area contributed by atoms with Crippen LogP contribution in [0, 0.1) is 5.82 Å². The molecule has 0 atom stereocenters. The number of nitrogens with zero attached hydrogens (tertiary/aromatic N) is 2. The molecule has 148 valence electrons. The second kappa shape index (κ2) is 7.52. The van der Waals surface area contributed by atoms with E-state index in [-0.39, 0.29) is 11.5 Å². The predicted molar refractivity (Wildman–Crippen MR) is 103 cm³/mol. The quantitative estimate of drug-likeness (QED) is 0.789. The number of carbonyl (C=O) groups is 1. The Morgan fingerprint density at radius 1 is 1.00 bits per heavy atom. The Bertz CT molecular complexity index is 1000. The van der Waals surface area contributed by atoms with E-state index in [1.165, 1.54) is 15.3 Å². The van der Waals surface area contributed by atoms with Crippen molar-refractivity contribution in [1.82, 2.24) is 4.31 Å². The number of para-hydroxylation sites is 2. The number of benzene rings is 2. The molecule has 1 fully saturated rings. The summed E-state index contributed by atoms with van der Waals surface area (Å²) in [6.07, 6.45) is 2.47. The Morgan fingerprint density at radius 3 is 2.54 bits per heavy atom. The van der Waals surface area contributed by atoms with E-state index in [4.69, 9.17) is 4.74 Å². The molecule has 4 rings (SSSR count). The zero-order valence-electron chi connectivity index (χ0n) is 15.3. The molecule has 28 heavy (non-hydrogen) atoms. The van der Waals surface area contributed by atoms with Crippen LogP contribution in [0.15, 0.2) is 47.4 Å². The van der Waals surface area contributed by atoms with Crippen molar-refractivity contribution < 1.29 is 22.3 Å². The Morgan fingerprint density at radius 2 is 1.75 bits per heavy atom. The summed E-state index contributed by atoms with van der Waals surface area (Å²) in [6.45, 7) is 1.41. The summed E-state index contributed by atoms with van der Waals surface area (Å²) in [6, 6.07) is 10.7. The molecule has 0 saturated carbocycles. The van der Waals surface area contributed by atoms with E-state index in [2.05, 4.69) is 0 Å². The molecule has 6 nitrogen and oxygen atoms in total. The van der Waals surface area contributed by atoms with Gasteiger partial charge in [0.1, 0.15) is 23.1 Å². The monoisotopic (exact) mass is 404 g/mol. The average molecular weight is 404 g/mol. The summed E-state index contributed by atoms with van der Waals surface area (Å²) >= 11 is 0. The van der Waals surface area contributed by atoms with Gasteiger partial charge in [0.15, 0.2) is 0 Å². The highest BCUT2D eigenvalue weighted by Gasteiger charge is 2.31. The third-order valence-corrected chi connectivity index (χ3v) is 7.00. The summed E-state index contributed by atoms with van der Waals surface area (Å²) in [5, 5.41) is 0. The van der Waals surface area contributed by atoms with E-state index in [9.17, 15) is 17.6 Å². The van der Waals surface area contributed by atoms with Crippen molar-refractivity contribution in [1.29, 1.82) is 0 Å². The Hall–Kier alpha value is -2.45. The first-order valence-electron chi connectivity index (χ1n) is 9.32. The fourth-order valence-electron chi connectivity index (χ4n) is 3.61. The molecular weight excluding hydrogens is 383 g/mol.